The summed E-state index contributed by atoms with van der Waals surface area (Å²) in [4.78, 5) is 23.1. The van der Waals surface area contributed by atoms with E-state index < -0.39 is 0 Å². The maximum Gasteiger partial charge on any atom is 0.253 e. The molecule has 1 aliphatic heterocycles. The largest absolute Gasteiger partial charge is 0.275 e. The van der Waals surface area contributed by atoms with E-state index in [0.717, 1.165) is 18.4 Å². The molecule has 2 rings (SSSR count). The lowest BCUT2D eigenvalue weighted by molar-refractivity contribution is -0.136. The maximum absolute atomic E-state index is 10.9. The molecule has 0 aromatic heterocycles. The molecule has 128 valence electrons. The molecule has 3 nitrogen and oxygen atoms in total. The quantitative estimate of drug-likeness (QED) is 0.576. The summed E-state index contributed by atoms with van der Waals surface area (Å²) in [5.41, 5.74) is 2.19. The number of hydrogen-bond donors (Lipinski definition) is 0. The SMILES string of the molecule is C=CC(=C)C.C=Cc1ccccc1.CCCCN1C(=O)C=CC1=O. The molecule has 0 fully saturated rings. The second kappa shape index (κ2) is 12.8. The number of rotatable bonds is 5. The molecule has 0 bridgehead atoms. The maximum atomic E-state index is 10.9. The molecule has 0 saturated heterocycles. The molecule has 1 heterocycles. The first-order valence-corrected chi connectivity index (χ1v) is 7.95. The van der Waals surface area contributed by atoms with Gasteiger partial charge in [0.2, 0.25) is 0 Å². The van der Waals surface area contributed by atoms with E-state index in [1.807, 2.05) is 50.3 Å². The summed E-state index contributed by atoms with van der Waals surface area (Å²) in [5.74, 6) is -0.355. The number of benzene rings is 1. The van der Waals surface area contributed by atoms with Gasteiger partial charge < -0.3 is 0 Å². The molecule has 0 unspecified atom stereocenters. The zero-order valence-electron chi connectivity index (χ0n) is 14.7. The average Bonchev–Trinajstić information content (AvgIpc) is 2.93. The Labute approximate surface area is 145 Å². The number of unbranched alkanes of at least 4 members (excludes halogenated alkanes) is 1. The number of amides is 2. The van der Waals surface area contributed by atoms with Gasteiger partial charge in [0, 0.05) is 18.7 Å². The van der Waals surface area contributed by atoms with Crippen LogP contribution in [0.2, 0.25) is 0 Å². The third kappa shape index (κ3) is 9.36. The third-order valence-corrected chi connectivity index (χ3v) is 3.02. The molecule has 1 aliphatic rings. The highest BCUT2D eigenvalue weighted by atomic mass is 16.2. The first-order valence-electron chi connectivity index (χ1n) is 7.95. The number of imide groups is 1. The number of hydrogen-bond acceptors (Lipinski definition) is 2. The molecule has 0 N–H and O–H groups in total. The first-order chi connectivity index (χ1) is 11.5. The van der Waals surface area contributed by atoms with Crippen molar-refractivity contribution in [3.8, 4) is 0 Å². The van der Waals surface area contributed by atoms with Crippen molar-refractivity contribution in [3.05, 3.63) is 79.4 Å². The van der Waals surface area contributed by atoms with Crippen LogP contribution in [0.15, 0.2) is 73.9 Å². The van der Waals surface area contributed by atoms with Crippen molar-refractivity contribution in [1.29, 1.82) is 0 Å². The zero-order valence-corrected chi connectivity index (χ0v) is 14.7. The fourth-order valence-electron chi connectivity index (χ4n) is 1.56. The van der Waals surface area contributed by atoms with E-state index in [4.69, 9.17) is 0 Å². The highest BCUT2D eigenvalue weighted by Crippen LogP contribution is 2.04. The second-order valence-corrected chi connectivity index (χ2v) is 5.18. The first kappa shape index (κ1) is 21.3. The van der Waals surface area contributed by atoms with Gasteiger partial charge in [0.15, 0.2) is 0 Å². The molecule has 24 heavy (non-hydrogen) atoms. The fourth-order valence-corrected chi connectivity index (χ4v) is 1.56. The molecule has 0 saturated carbocycles. The van der Waals surface area contributed by atoms with Crippen LogP contribution < -0.4 is 0 Å². The van der Waals surface area contributed by atoms with Gasteiger partial charge in [-0.3, -0.25) is 14.5 Å². The zero-order chi connectivity index (χ0) is 18.4. The van der Waals surface area contributed by atoms with Gasteiger partial charge in [-0.2, -0.15) is 0 Å². The van der Waals surface area contributed by atoms with Gasteiger partial charge in [0.25, 0.3) is 11.8 Å². The molecule has 3 heteroatoms. The van der Waals surface area contributed by atoms with Gasteiger partial charge in [-0.05, 0) is 18.9 Å². The van der Waals surface area contributed by atoms with Crippen molar-refractivity contribution < 1.29 is 9.59 Å². The van der Waals surface area contributed by atoms with E-state index in [1.54, 1.807) is 6.08 Å². The van der Waals surface area contributed by atoms with Crippen LogP contribution in [0.4, 0.5) is 0 Å². The smallest absolute Gasteiger partial charge is 0.253 e. The predicted molar refractivity (Wildman–Crippen MR) is 102 cm³/mol. The van der Waals surface area contributed by atoms with Gasteiger partial charge in [0.1, 0.15) is 0 Å². The standard InChI is InChI=1S/C8H11NO2.C8H8.C5H8/c1-2-3-6-9-7(10)4-5-8(9)11;1-2-8-6-4-3-5-7-8;1-4-5(2)3/h4-5H,2-3,6H2,1H3;2-7H,1H2;4H,1-2H2,3H3. The van der Waals surface area contributed by atoms with Crippen LogP contribution in [0.1, 0.15) is 32.3 Å². The third-order valence-electron chi connectivity index (χ3n) is 3.02. The Balaban J connectivity index is 0.000000358. The van der Waals surface area contributed by atoms with E-state index in [1.165, 1.54) is 22.6 Å². The second-order valence-electron chi connectivity index (χ2n) is 5.18. The summed E-state index contributed by atoms with van der Waals surface area (Å²) in [6.45, 7) is 15.1. The van der Waals surface area contributed by atoms with E-state index in [9.17, 15) is 9.59 Å². The Kier molecular flexibility index (Phi) is 11.4. The Morgan fingerprint density at radius 3 is 1.92 bits per heavy atom. The molecule has 1 aromatic carbocycles. The summed E-state index contributed by atoms with van der Waals surface area (Å²) >= 11 is 0. The van der Waals surface area contributed by atoms with Gasteiger partial charge in [-0.1, -0.05) is 81.1 Å². The van der Waals surface area contributed by atoms with Crippen molar-refractivity contribution in [2.24, 2.45) is 0 Å². The molecule has 0 atom stereocenters. The summed E-state index contributed by atoms with van der Waals surface area (Å²) in [6.07, 6.45) is 8.08. The van der Waals surface area contributed by atoms with Crippen LogP contribution in [-0.4, -0.2) is 23.3 Å². The molecule has 1 aromatic rings. The highest BCUT2D eigenvalue weighted by Gasteiger charge is 2.21. The van der Waals surface area contributed by atoms with Crippen molar-refractivity contribution in [3.63, 3.8) is 0 Å². The monoisotopic (exact) mass is 325 g/mol. The van der Waals surface area contributed by atoms with Crippen molar-refractivity contribution in [1.82, 2.24) is 4.90 Å². The van der Waals surface area contributed by atoms with Crippen LogP contribution in [-0.2, 0) is 9.59 Å². The molecule has 0 spiro atoms. The summed E-state index contributed by atoms with van der Waals surface area (Å²) in [7, 11) is 0. The predicted octanol–water partition coefficient (Wildman–Crippen LogP) is 4.79. The van der Waals surface area contributed by atoms with Crippen molar-refractivity contribution in [2.45, 2.75) is 26.7 Å². The van der Waals surface area contributed by atoms with Gasteiger partial charge in [-0.15, -0.1) is 0 Å². The van der Waals surface area contributed by atoms with Gasteiger partial charge in [0.05, 0.1) is 0 Å². The van der Waals surface area contributed by atoms with Crippen LogP contribution >= 0.6 is 0 Å². The van der Waals surface area contributed by atoms with Gasteiger partial charge in [-0.25, -0.2) is 0 Å². The average molecular weight is 325 g/mol. The highest BCUT2D eigenvalue weighted by molar-refractivity contribution is 6.12. The summed E-state index contributed by atoms with van der Waals surface area (Å²) < 4.78 is 0. The Morgan fingerprint density at radius 2 is 1.58 bits per heavy atom. The lowest BCUT2D eigenvalue weighted by Crippen LogP contribution is -2.30. The molecule has 0 radical (unpaired) electrons. The van der Waals surface area contributed by atoms with Crippen molar-refractivity contribution in [2.75, 3.05) is 6.54 Å². The van der Waals surface area contributed by atoms with E-state index in [2.05, 4.69) is 19.7 Å². The van der Waals surface area contributed by atoms with Crippen LogP contribution in [0, 0.1) is 0 Å². The Hall–Kier alpha value is -2.68. The minimum Gasteiger partial charge on any atom is -0.275 e. The van der Waals surface area contributed by atoms with E-state index >= 15 is 0 Å². The van der Waals surface area contributed by atoms with E-state index in [-0.39, 0.29) is 11.8 Å². The molecular formula is C21H27NO2. The number of carbonyl (C=O) groups is 2. The number of nitrogens with zero attached hydrogens (tertiary/aromatic N) is 1. The normalized spacial score (nSPS) is 11.8. The number of allylic oxidation sites excluding steroid dienone is 2. The lowest BCUT2D eigenvalue weighted by Gasteiger charge is -2.11. The summed E-state index contributed by atoms with van der Waals surface area (Å²) in [5, 5.41) is 0. The molecule has 0 aliphatic carbocycles. The van der Waals surface area contributed by atoms with Gasteiger partial charge >= 0.3 is 0 Å². The fraction of sp³-hybridized carbons (Fsp3) is 0.238. The minimum atomic E-state index is -0.177. The van der Waals surface area contributed by atoms with Crippen molar-refractivity contribution >= 4 is 17.9 Å². The Bertz CT molecular complexity index is 567. The lowest BCUT2D eigenvalue weighted by atomic mass is 10.2. The number of carbonyl (C=O) groups excluding carboxylic acids is 2. The van der Waals surface area contributed by atoms with Crippen LogP contribution in [0.3, 0.4) is 0 Å². The van der Waals surface area contributed by atoms with Crippen LogP contribution in [0.5, 0.6) is 0 Å². The van der Waals surface area contributed by atoms with E-state index in [0.29, 0.717) is 6.54 Å². The summed E-state index contributed by atoms with van der Waals surface area (Å²) in [6, 6.07) is 10.0. The molecule has 2 amide bonds. The van der Waals surface area contributed by atoms with Crippen LogP contribution in [0.25, 0.3) is 6.08 Å². The minimum absolute atomic E-state index is 0.177. The topological polar surface area (TPSA) is 37.4 Å². The molecular weight excluding hydrogens is 298 g/mol. The Morgan fingerprint density at radius 1 is 1.08 bits per heavy atom.